The lowest BCUT2D eigenvalue weighted by molar-refractivity contribution is -0.116. The molecule has 13 heavy (non-hydrogen) atoms. The Balaban J connectivity index is 1.98. The largest absolute Gasteiger partial charge is 0.468 e. The van der Waals surface area contributed by atoms with Crippen LogP contribution in [0, 0.1) is 5.92 Å². The van der Waals surface area contributed by atoms with Crippen molar-refractivity contribution in [3.05, 3.63) is 11.3 Å². The minimum Gasteiger partial charge on any atom is -0.468 e. The molecular weight excluding hydrogens is 168 g/mol. The lowest BCUT2D eigenvalue weighted by Gasteiger charge is -2.13. The molecule has 1 aliphatic carbocycles. The van der Waals surface area contributed by atoms with Crippen molar-refractivity contribution < 1.29 is 14.3 Å². The van der Waals surface area contributed by atoms with E-state index < -0.39 is 0 Å². The van der Waals surface area contributed by atoms with E-state index in [2.05, 4.69) is 0 Å². The van der Waals surface area contributed by atoms with Crippen molar-refractivity contribution in [2.24, 2.45) is 5.92 Å². The summed E-state index contributed by atoms with van der Waals surface area (Å²) < 4.78 is 11.0. The second-order valence-corrected chi connectivity index (χ2v) is 3.87. The third-order valence-electron chi connectivity index (χ3n) is 3.08. The van der Waals surface area contributed by atoms with Gasteiger partial charge >= 0.3 is 0 Å². The smallest absolute Gasteiger partial charge is 0.206 e. The molecule has 3 nitrogen and oxygen atoms in total. The van der Waals surface area contributed by atoms with Gasteiger partial charge in [0.05, 0.1) is 12.5 Å². The van der Waals surface area contributed by atoms with Crippen molar-refractivity contribution in [1.82, 2.24) is 0 Å². The number of allylic oxidation sites excluding steroid dienone is 1. The number of carbonyl (C=O) groups is 1. The Hall–Kier alpha value is -0.830. The molecule has 0 aromatic rings. The summed E-state index contributed by atoms with van der Waals surface area (Å²) in [6.45, 7) is 0.736. The van der Waals surface area contributed by atoms with Gasteiger partial charge in [-0.05, 0) is 12.8 Å². The molecule has 0 unspecified atom stereocenters. The fourth-order valence-electron chi connectivity index (χ4n) is 2.47. The highest BCUT2D eigenvalue weighted by Crippen LogP contribution is 2.43. The van der Waals surface area contributed by atoms with Crippen LogP contribution in [-0.4, -0.2) is 18.7 Å². The molecule has 0 aromatic heterocycles. The van der Waals surface area contributed by atoms with E-state index in [1.165, 1.54) is 0 Å². The maximum atomic E-state index is 11.6. The van der Waals surface area contributed by atoms with Gasteiger partial charge in [-0.3, -0.25) is 4.79 Å². The van der Waals surface area contributed by atoms with E-state index in [9.17, 15) is 4.79 Å². The maximum absolute atomic E-state index is 11.6. The molecule has 0 radical (unpaired) electrons. The van der Waals surface area contributed by atoms with Gasteiger partial charge in [0.25, 0.3) is 0 Å². The number of rotatable bonds is 0. The fraction of sp³-hybridized carbons (Fsp3) is 0.700. The Bertz CT molecular complexity index is 293. The van der Waals surface area contributed by atoms with Crippen LogP contribution in [0.4, 0.5) is 0 Å². The minimum absolute atomic E-state index is 0.132. The fourth-order valence-corrected chi connectivity index (χ4v) is 2.47. The molecule has 3 rings (SSSR count). The molecule has 0 bridgehead atoms. The van der Waals surface area contributed by atoms with Gasteiger partial charge in [0, 0.05) is 18.4 Å². The minimum atomic E-state index is -0.132. The highest BCUT2D eigenvalue weighted by atomic mass is 16.7. The van der Waals surface area contributed by atoms with Crippen LogP contribution in [-0.2, 0) is 14.3 Å². The Morgan fingerprint density at radius 2 is 2.23 bits per heavy atom. The zero-order valence-electron chi connectivity index (χ0n) is 7.41. The lowest BCUT2D eigenvalue weighted by atomic mass is 9.88. The zero-order valence-corrected chi connectivity index (χ0v) is 7.41. The predicted molar refractivity (Wildman–Crippen MR) is 44.8 cm³/mol. The monoisotopic (exact) mass is 180 g/mol. The van der Waals surface area contributed by atoms with Gasteiger partial charge in [-0.15, -0.1) is 0 Å². The molecule has 2 heterocycles. The van der Waals surface area contributed by atoms with Crippen molar-refractivity contribution in [3.8, 4) is 0 Å². The molecule has 3 aliphatic rings. The van der Waals surface area contributed by atoms with Crippen molar-refractivity contribution >= 4 is 5.78 Å². The molecule has 0 saturated carbocycles. The van der Waals surface area contributed by atoms with E-state index in [0.29, 0.717) is 12.2 Å². The summed E-state index contributed by atoms with van der Waals surface area (Å²) in [5, 5.41) is 0. The number of ether oxygens (including phenoxy) is 2. The van der Waals surface area contributed by atoms with Crippen LogP contribution in [0.5, 0.6) is 0 Å². The average Bonchev–Trinajstić information content (AvgIpc) is 2.62. The second kappa shape index (κ2) is 2.58. The number of carbonyl (C=O) groups excluding carboxylic acids is 1. The molecule has 2 atom stereocenters. The first-order valence-electron chi connectivity index (χ1n) is 4.91. The standard InChI is InChI=1S/C10H12O3/c11-7-2-1-3-8-9(7)6-4-5-12-10(6)13-8/h6,10H,1-5H2/t6-,10+/m0/s1. The first-order chi connectivity index (χ1) is 6.36. The number of hydrogen-bond acceptors (Lipinski definition) is 3. The van der Waals surface area contributed by atoms with Crippen molar-refractivity contribution in [1.29, 1.82) is 0 Å². The molecule has 1 saturated heterocycles. The van der Waals surface area contributed by atoms with Crippen LogP contribution in [0.15, 0.2) is 11.3 Å². The quantitative estimate of drug-likeness (QED) is 0.565. The van der Waals surface area contributed by atoms with Crippen LogP contribution in [0.25, 0.3) is 0 Å². The number of hydrogen-bond donors (Lipinski definition) is 0. The van der Waals surface area contributed by atoms with E-state index in [4.69, 9.17) is 9.47 Å². The summed E-state index contributed by atoms with van der Waals surface area (Å²) in [6, 6.07) is 0. The van der Waals surface area contributed by atoms with Gasteiger partial charge in [0.1, 0.15) is 5.76 Å². The van der Waals surface area contributed by atoms with Gasteiger partial charge in [-0.2, -0.15) is 0 Å². The summed E-state index contributed by atoms with van der Waals surface area (Å²) in [7, 11) is 0. The first-order valence-corrected chi connectivity index (χ1v) is 4.91. The number of fused-ring (bicyclic) bond motifs is 2. The third kappa shape index (κ3) is 0.967. The molecule has 70 valence electrons. The summed E-state index contributed by atoms with van der Waals surface area (Å²) in [6.07, 6.45) is 3.39. The van der Waals surface area contributed by atoms with E-state index in [0.717, 1.165) is 37.2 Å². The van der Waals surface area contributed by atoms with Crippen molar-refractivity contribution in [2.45, 2.75) is 32.0 Å². The predicted octanol–water partition coefficient (Wildman–Crippen LogP) is 1.39. The number of Topliss-reactive ketones (excluding diaryl/α,β-unsaturated/α-hetero) is 1. The third-order valence-corrected chi connectivity index (χ3v) is 3.08. The molecule has 2 aliphatic heterocycles. The van der Waals surface area contributed by atoms with E-state index in [1.54, 1.807) is 0 Å². The molecular formula is C10H12O3. The lowest BCUT2D eigenvalue weighted by Crippen LogP contribution is -2.17. The van der Waals surface area contributed by atoms with Crippen LogP contribution >= 0.6 is 0 Å². The van der Waals surface area contributed by atoms with Gasteiger partial charge in [-0.25, -0.2) is 0 Å². The molecule has 0 N–H and O–H groups in total. The highest BCUT2D eigenvalue weighted by molar-refractivity contribution is 5.97. The summed E-state index contributed by atoms with van der Waals surface area (Å²) in [5.74, 6) is 1.47. The van der Waals surface area contributed by atoms with Crippen LogP contribution < -0.4 is 0 Å². The summed E-state index contributed by atoms with van der Waals surface area (Å²) >= 11 is 0. The van der Waals surface area contributed by atoms with Crippen LogP contribution in [0.2, 0.25) is 0 Å². The SMILES string of the molecule is O=C1CCCC2=C1[C@@H]1CCO[C@@H]1O2. The van der Waals surface area contributed by atoms with E-state index in [-0.39, 0.29) is 12.2 Å². The van der Waals surface area contributed by atoms with E-state index >= 15 is 0 Å². The van der Waals surface area contributed by atoms with Gasteiger partial charge < -0.3 is 9.47 Å². The average molecular weight is 180 g/mol. The molecule has 0 spiro atoms. The Morgan fingerprint density at radius 1 is 1.31 bits per heavy atom. The van der Waals surface area contributed by atoms with Crippen LogP contribution in [0.3, 0.4) is 0 Å². The Labute approximate surface area is 76.7 Å². The van der Waals surface area contributed by atoms with Gasteiger partial charge in [-0.1, -0.05) is 0 Å². The zero-order chi connectivity index (χ0) is 8.84. The van der Waals surface area contributed by atoms with E-state index in [1.807, 2.05) is 0 Å². The second-order valence-electron chi connectivity index (χ2n) is 3.87. The molecule has 1 fully saturated rings. The van der Waals surface area contributed by atoms with Crippen molar-refractivity contribution in [3.63, 3.8) is 0 Å². The van der Waals surface area contributed by atoms with Crippen LogP contribution in [0.1, 0.15) is 25.7 Å². The Kier molecular flexibility index (Phi) is 1.50. The molecule has 3 heteroatoms. The number of ketones is 1. The van der Waals surface area contributed by atoms with Gasteiger partial charge in [0.15, 0.2) is 5.78 Å². The summed E-state index contributed by atoms with van der Waals surface area (Å²) in [4.78, 5) is 11.6. The van der Waals surface area contributed by atoms with Crippen molar-refractivity contribution in [2.75, 3.05) is 6.61 Å². The molecule has 0 amide bonds. The van der Waals surface area contributed by atoms with Gasteiger partial charge in [0.2, 0.25) is 6.29 Å². The topological polar surface area (TPSA) is 35.5 Å². The maximum Gasteiger partial charge on any atom is 0.206 e. The highest BCUT2D eigenvalue weighted by Gasteiger charge is 2.44. The Morgan fingerprint density at radius 3 is 3.15 bits per heavy atom. The normalized spacial score (nSPS) is 37.4. The first kappa shape index (κ1) is 7.56. The summed E-state index contributed by atoms with van der Waals surface area (Å²) in [5.41, 5.74) is 0.953. The molecule has 0 aromatic carbocycles.